The molecule has 0 aliphatic rings. The van der Waals surface area contributed by atoms with E-state index in [0.717, 1.165) is 51.2 Å². The Kier molecular flexibility index (Phi) is 10.2. The Labute approximate surface area is 379 Å². The molecule has 3 nitrogen and oxygen atoms in total. The van der Waals surface area contributed by atoms with E-state index < -0.39 is 0 Å². The molecule has 4 heteroatoms. The zero-order chi connectivity index (χ0) is 43.0. The highest BCUT2D eigenvalue weighted by Crippen LogP contribution is 2.48. The van der Waals surface area contributed by atoms with Crippen molar-refractivity contribution in [2.45, 2.75) is 13.8 Å². The van der Waals surface area contributed by atoms with Gasteiger partial charge >= 0.3 is 0 Å². The molecule has 1 aromatic heterocycles. The molecular formula is C60H45N3S. The van der Waals surface area contributed by atoms with Crippen LogP contribution >= 0.6 is 11.3 Å². The van der Waals surface area contributed by atoms with Crippen LogP contribution in [-0.4, -0.2) is 0 Å². The zero-order valence-electron chi connectivity index (χ0n) is 35.8. The van der Waals surface area contributed by atoms with Gasteiger partial charge in [0, 0.05) is 54.0 Å². The van der Waals surface area contributed by atoms with Crippen molar-refractivity contribution in [2.75, 3.05) is 14.7 Å². The molecule has 0 spiro atoms. The summed E-state index contributed by atoms with van der Waals surface area (Å²) in [6, 6.07) is 86.0. The largest absolute Gasteiger partial charge is 0.310 e. The van der Waals surface area contributed by atoms with Crippen LogP contribution in [0.1, 0.15) is 11.1 Å². The van der Waals surface area contributed by atoms with Crippen LogP contribution in [0.25, 0.3) is 42.1 Å². The Morgan fingerprint density at radius 2 is 0.781 bits per heavy atom. The minimum absolute atomic E-state index is 1.03. The van der Waals surface area contributed by atoms with Gasteiger partial charge in [0.25, 0.3) is 0 Å². The highest BCUT2D eigenvalue weighted by molar-refractivity contribution is 7.26. The molecule has 0 N–H and O–H groups in total. The van der Waals surface area contributed by atoms with Crippen molar-refractivity contribution in [3.63, 3.8) is 0 Å². The van der Waals surface area contributed by atoms with Crippen LogP contribution in [0.3, 0.4) is 0 Å². The summed E-state index contributed by atoms with van der Waals surface area (Å²) >= 11 is 1.87. The normalized spacial score (nSPS) is 11.3. The van der Waals surface area contributed by atoms with Gasteiger partial charge in [-0.1, -0.05) is 146 Å². The van der Waals surface area contributed by atoms with Gasteiger partial charge in [-0.05, 0) is 132 Å². The predicted octanol–water partition coefficient (Wildman–Crippen LogP) is 17.9. The molecule has 11 aromatic rings. The standard InChI is InChI=1S/C60H45N3S/c1-42-17-13-25-49(37-42)61(46-21-5-3-6-22-46)51-39-52(62(47-23-7-4-8-24-47)50-26-14-18-43(2)38-50)41-53(40-51)63(58-31-15-20-44-19-9-10-27-54(44)58)48-35-33-45(34-36-48)55-29-16-30-57-56-28-11-12-32-59(56)64-60(55)57/h3-41H,1-2H3. The van der Waals surface area contributed by atoms with E-state index in [4.69, 9.17) is 0 Å². The Bertz CT molecular complexity index is 3320. The molecule has 10 aromatic carbocycles. The van der Waals surface area contributed by atoms with Gasteiger partial charge in [0.05, 0.1) is 22.7 Å². The van der Waals surface area contributed by atoms with Crippen LogP contribution in [0.4, 0.5) is 51.2 Å². The molecule has 0 saturated heterocycles. The van der Waals surface area contributed by atoms with Crippen LogP contribution in [0, 0.1) is 13.8 Å². The van der Waals surface area contributed by atoms with Crippen LogP contribution in [0.5, 0.6) is 0 Å². The molecule has 1 heterocycles. The molecule has 0 fully saturated rings. The minimum Gasteiger partial charge on any atom is -0.310 e. The minimum atomic E-state index is 1.03. The van der Waals surface area contributed by atoms with Crippen LogP contribution in [0.2, 0.25) is 0 Å². The number of benzene rings is 10. The quantitative estimate of drug-likeness (QED) is 0.136. The second-order valence-electron chi connectivity index (χ2n) is 16.4. The number of hydrogen-bond donors (Lipinski definition) is 0. The molecule has 0 amide bonds. The maximum Gasteiger partial charge on any atom is 0.0540 e. The molecular weight excluding hydrogens is 795 g/mol. The van der Waals surface area contributed by atoms with Crippen LogP contribution in [-0.2, 0) is 0 Å². The van der Waals surface area contributed by atoms with Crippen LogP contribution < -0.4 is 14.7 Å². The van der Waals surface area contributed by atoms with Gasteiger partial charge in [-0.3, -0.25) is 0 Å². The number of fused-ring (bicyclic) bond motifs is 4. The summed E-state index contributed by atoms with van der Waals surface area (Å²) in [7, 11) is 0. The average Bonchev–Trinajstić information content (AvgIpc) is 3.72. The van der Waals surface area contributed by atoms with Gasteiger partial charge in [-0.25, -0.2) is 0 Å². The van der Waals surface area contributed by atoms with Crippen LogP contribution in [0.15, 0.2) is 237 Å². The molecule has 64 heavy (non-hydrogen) atoms. The van der Waals surface area contributed by atoms with E-state index in [1.54, 1.807) is 0 Å². The number of hydrogen-bond acceptors (Lipinski definition) is 4. The number of rotatable bonds is 10. The second-order valence-corrected chi connectivity index (χ2v) is 17.4. The number of para-hydroxylation sites is 2. The highest BCUT2D eigenvalue weighted by atomic mass is 32.1. The van der Waals surface area contributed by atoms with Gasteiger partial charge in [-0.15, -0.1) is 11.3 Å². The van der Waals surface area contributed by atoms with Crippen molar-refractivity contribution in [3.8, 4) is 11.1 Å². The van der Waals surface area contributed by atoms with E-state index in [1.165, 1.54) is 53.2 Å². The first-order valence-corrected chi connectivity index (χ1v) is 22.6. The maximum absolute atomic E-state index is 2.44. The second kappa shape index (κ2) is 16.7. The topological polar surface area (TPSA) is 9.72 Å². The van der Waals surface area contributed by atoms with Crippen molar-refractivity contribution in [1.29, 1.82) is 0 Å². The highest BCUT2D eigenvalue weighted by Gasteiger charge is 2.23. The Morgan fingerprint density at radius 3 is 1.41 bits per heavy atom. The summed E-state index contributed by atoms with van der Waals surface area (Å²) in [6.07, 6.45) is 0. The molecule has 0 saturated carbocycles. The van der Waals surface area contributed by atoms with E-state index >= 15 is 0 Å². The molecule has 11 rings (SSSR count). The third-order valence-corrected chi connectivity index (χ3v) is 13.3. The fourth-order valence-corrected chi connectivity index (χ4v) is 10.4. The van der Waals surface area contributed by atoms with Crippen molar-refractivity contribution in [1.82, 2.24) is 0 Å². The summed E-state index contributed by atoms with van der Waals surface area (Å²) < 4.78 is 2.62. The monoisotopic (exact) mass is 839 g/mol. The molecule has 0 bridgehead atoms. The third-order valence-electron chi connectivity index (χ3n) is 12.1. The van der Waals surface area contributed by atoms with E-state index in [0.29, 0.717) is 0 Å². The summed E-state index contributed by atoms with van der Waals surface area (Å²) in [5.74, 6) is 0. The molecule has 0 atom stereocenters. The first kappa shape index (κ1) is 39.0. The summed E-state index contributed by atoms with van der Waals surface area (Å²) in [6.45, 7) is 4.33. The fraction of sp³-hybridized carbons (Fsp3) is 0.0333. The summed E-state index contributed by atoms with van der Waals surface area (Å²) in [5.41, 5.74) is 14.5. The first-order chi connectivity index (χ1) is 31.6. The Morgan fingerprint density at radius 1 is 0.312 bits per heavy atom. The summed E-state index contributed by atoms with van der Waals surface area (Å²) in [4.78, 5) is 7.21. The van der Waals surface area contributed by atoms with E-state index in [1.807, 2.05) is 11.3 Å². The van der Waals surface area contributed by atoms with Gasteiger partial charge in [0.15, 0.2) is 0 Å². The number of anilines is 9. The van der Waals surface area contributed by atoms with Gasteiger partial charge in [0.1, 0.15) is 0 Å². The first-order valence-electron chi connectivity index (χ1n) is 21.8. The lowest BCUT2D eigenvalue weighted by Crippen LogP contribution is -2.16. The summed E-state index contributed by atoms with van der Waals surface area (Å²) in [5, 5.41) is 4.97. The predicted molar refractivity (Wildman–Crippen MR) is 276 cm³/mol. The lowest BCUT2D eigenvalue weighted by atomic mass is 10.0. The van der Waals surface area contributed by atoms with Gasteiger partial charge in [0.2, 0.25) is 0 Å². The number of aryl methyl sites for hydroxylation is 2. The lowest BCUT2D eigenvalue weighted by molar-refractivity contribution is 1.22. The number of nitrogens with zero attached hydrogens (tertiary/aromatic N) is 3. The molecule has 0 aliphatic carbocycles. The molecule has 306 valence electrons. The molecule has 0 unspecified atom stereocenters. The molecule has 0 aliphatic heterocycles. The third kappa shape index (κ3) is 7.34. The van der Waals surface area contributed by atoms with E-state index in [9.17, 15) is 0 Å². The van der Waals surface area contributed by atoms with Gasteiger partial charge in [-0.2, -0.15) is 0 Å². The zero-order valence-corrected chi connectivity index (χ0v) is 36.6. The average molecular weight is 840 g/mol. The SMILES string of the molecule is Cc1cccc(N(c2ccccc2)c2cc(N(c3ccccc3)c3cccc(C)c3)cc(N(c3ccc(-c4cccc5c4sc4ccccc45)cc3)c3cccc4ccccc34)c2)c1. The lowest BCUT2D eigenvalue weighted by Gasteiger charge is -2.33. The van der Waals surface area contributed by atoms with Gasteiger partial charge < -0.3 is 14.7 Å². The molecule has 0 radical (unpaired) electrons. The Balaban J connectivity index is 1.17. The number of thiophene rings is 1. The van der Waals surface area contributed by atoms with Crippen molar-refractivity contribution in [2.24, 2.45) is 0 Å². The fourth-order valence-electron chi connectivity index (χ4n) is 9.14. The van der Waals surface area contributed by atoms with Crippen molar-refractivity contribution < 1.29 is 0 Å². The smallest absolute Gasteiger partial charge is 0.0540 e. The Hall–Kier alpha value is -7.92. The maximum atomic E-state index is 2.44. The van der Waals surface area contributed by atoms with Crippen molar-refractivity contribution in [3.05, 3.63) is 248 Å². The van der Waals surface area contributed by atoms with E-state index in [2.05, 4.69) is 265 Å². The van der Waals surface area contributed by atoms with E-state index in [-0.39, 0.29) is 0 Å². The van der Waals surface area contributed by atoms with Crippen molar-refractivity contribution >= 4 is 93.5 Å².